The number of rotatable bonds is 3. The molecule has 0 unspecified atom stereocenters. The molecule has 0 spiro atoms. The lowest BCUT2D eigenvalue weighted by Gasteiger charge is -2.30. The van der Waals surface area contributed by atoms with Crippen LogP contribution in [0.3, 0.4) is 0 Å². The number of benzene rings is 1. The van der Waals surface area contributed by atoms with Gasteiger partial charge in [0.15, 0.2) is 0 Å². The highest BCUT2D eigenvalue weighted by Gasteiger charge is 2.18. The Balaban J connectivity index is 1.92. The zero-order chi connectivity index (χ0) is 13.8. The SMILES string of the molecule is Cc1ccc(Cl)cc1NC(=O)CN1CCC[C@H](C)C1. The number of halogens is 1. The van der Waals surface area contributed by atoms with Crippen LogP contribution in [0.4, 0.5) is 5.69 Å². The molecule has 0 saturated carbocycles. The van der Waals surface area contributed by atoms with E-state index in [0.717, 1.165) is 24.3 Å². The summed E-state index contributed by atoms with van der Waals surface area (Å²) in [7, 11) is 0. The Morgan fingerprint density at radius 3 is 3.05 bits per heavy atom. The Morgan fingerprint density at radius 1 is 1.53 bits per heavy atom. The van der Waals surface area contributed by atoms with Crippen molar-refractivity contribution in [1.29, 1.82) is 0 Å². The van der Waals surface area contributed by atoms with Crippen LogP contribution in [0.5, 0.6) is 0 Å². The zero-order valence-electron chi connectivity index (χ0n) is 11.6. The van der Waals surface area contributed by atoms with E-state index in [1.165, 1.54) is 12.8 Å². The summed E-state index contributed by atoms with van der Waals surface area (Å²) in [4.78, 5) is 14.3. The van der Waals surface area contributed by atoms with Crippen molar-refractivity contribution < 1.29 is 4.79 Å². The Labute approximate surface area is 119 Å². The van der Waals surface area contributed by atoms with E-state index >= 15 is 0 Å². The highest BCUT2D eigenvalue weighted by molar-refractivity contribution is 6.31. The standard InChI is InChI=1S/C15H21ClN2O/c1-11-4-3-7-18(9-11)10-15(19)17-14-8-13(16)6-5-12(14)2/h5-6,8,11H,3-4,7,9-10H2,1-2H3,(H,17,19)/t11-/m0/s1. The molecule has 0 radical (unpaired) electrons. The maximum absolute atomic E-state index is 12.1. The molecule has 1 N–H and O–H groups in total. The number of hydrogen-bond acceptors (Lipinski definition) is 2. The first-order chi connectivity index (χ1) is 9.04. The zero-order valence-corrected chi connectivity index (χ0v) is 12.3. The first kappa shape index (κ1) is 14.4. The molecule has 1 aromatic rings. The minimum absolute atomic E-state index is 0.0412. The molecule has 1 atom stereocenters. The molecule has 4 heteroatoms. The van der Waals surface area contributed by atoms with Crippen molar-refractivity contribution in [3.8, 4) is 0 Å². The van der Waals surface area contributed by atoms with Gasteiger partial charge in [-0.15, -0.1) is 0 Å². The van der Waals surface area contributed by atoms with E-state index in [1.54, 1.807) is 6.07 Å². The van der Waals surface area contributed by atoms with E-state index in [4.69, 9.17) is 11.6 Å². The Morgan fingerprint density at radius 2 is 2.32 bits per heavy atom. The van der Waals surface area contributed by atoms with Crippen LogP contribution in [0.1, 0.15) is 25.3 Å². The van der Waals surface area contributed by atoms with Gasteiger partial charge in [0.25, 0.3) is 0 Å². The van der Waals surface area contributed by atoms with Gasteiger partial charge in [0.05, 0.1) is 6.54 Å². The number of carbonyl (C=O) groups is 1. The minimum Gasteiger partial charge on any atom is -0.325 e. The van der Waals surface area contributed by atoms with Gasteiger partial charge in [-0.25, -0.2) is 0 Å². The van der Waals surface area contributed by atoms with E-state index in [0.29, 0.717) is 17.5 Å². The number of aryl methyl sites for hydroxylation is 1. The molecule has 0 aliphatic carbocycles. The number of piperidine rings is 1. The van der Waals surface area contributed by atoms with Crippen LogP contribution >= 0.6 is 11.6 Å². The smallest absolute Gasteiger partial charge is 0.238 e. The second-order valence-electron chi connectivity index (χ2n) is 5.49. The van der Waals surface area contributed by atoms with E-state index in [2.05, 4.69) is 17.1 Å². The number of amides is 1. The first-order valence-electron chi connectivity index (χ1n) is 6.83. The number of anilines is 1. The van der Waals surface area contributed by atoms with Crippen molar-refractivity contribution in [3.05, 3.63) is 28.8 Å². The molecule has 0 bridgehead atoms. The molecule has 19 heavy (non-hydrogen) atoms. The fourth-order valence-corrected chi connectivity index (χ4v) is 2.72. The molecular formula is C15H21ClN2O. The summed E-state index contributed by atoms with van der Waals surface area (Å²) < 4.78 is 0. The second kappa shape index (κ2) is 6.40. The summed E-state index contributed by atoms with van der Waals surface area (Å²) in [5, 5.41) is 3.59. The molecule has 1 heterocycles. The van der Waals surface area contributed by atoms with E-state index in [-0.39, 0.29) is 5.91 Å². The fourth-order valence-electron chi connectivity index (χ4n) is 2.55. The Kier molecular flexibility index (Phi) is 4.83. The van der Waals surface area contributed by atoms with Crippen molar-refractivity contribution >= 4 is 23.2 Å². The molecule has 3 nitrogen and oxygen atoms in total. The lowest BCUT2D eigenvalue weighted by molar-refractivity contribution is -0.117. The maximum Gasteiger partial charge on any atom is 0.238 e. The third-order valence-corrected chi connectivity index (χ3v) is 3.82. The Bertz CT molecular complexity index is 461. The molecule has 2 rings (SSSR count). The van der Waals surface area contributed by atoms with Gasteiger partial charge >= 0.3 is 0 Å². The predicted molar refractivity (Wildman–Crippen MR) is 79.7 cm³/mol. The van der Waals surface area contributed by atoms with Gasteiger partial charge < -0.3 is 5.32 Å². The number of carbonyl (C=O) groups excluding carboxylic acids is 1. The van der Waals surface area contributed by atoms with Crippen molar-refractivity contribution in [2.24, 2.45) is 5.92 Å². The summed E-state index contributed by atoms with van der Waals surface area (Å²) in [6.07, 6.45) is 2.45. The van der Waals surface area contributed by atoms with E-state index < -0.39 is 0 Å². The first-order valence-corrected chi connectivity index (χ1v) is 7.21. The van der Waals surface area contributed by atoms with Gasteiger partial charge in [-0.1, -0.05) is 24.6 Å². The predicted octanol–water partition coefficient (Wildman–Crippen LogP) is 3.32. The number of nitrogens with zero attached hydrogens (tertiary/aromatic N) is 1. The van der Waals surface area contributed by atoms with Gasteiger partial charge in [0, 0.05) is 17.3 Å². The lowest BCUT2D eigenvalue weighted by atomic mass is 10.0. The Hall–Kier alpha value is -1.06. The number of hydrogen-bond donors (Lipinski definition) is 1. The van der Waals surface area contributed by atoms with E-state index in [1.807, 2.05) is 19.1 Å². The van der Waals surface area contributed by atoms with Gasteiger partial charge in [-0.3, -0.25) is 9.69 Å². The van der Waals surface area contributed by atoms with Crippen molar-refractivity contribution in [3.63, 3.8) is 0 Å². The molecule has 1 aliphatic heterocycles. The van der Waals surface area contributed by atoms with Crippen LogP contribution in [0.25, 0.3) is 0 Å². The monoisotopic (exact) mass is 280 g/mol. The van der Waals surface area contributed by atoms with Crippen molar-refractivity contribution in [2.75, 3.05) is 25.0 Å². The summed E-state index contributed by atoms with van der Waals surface area (Å²) in [6.45, 7) is 6.71. The molecular weight excluding hydrogens is 260 g/mol. The second-order valence-corrected chi connectivity index (χ2v) is 5.93. The summed E-state index contributed by atoms with van der Waals surface area (Å²) >= 11 is 5.95. The third-order valence-electron chi connectivity index (χ3n) is 3.58. The van der Waals surface area contributed by atoms with Gasteiger partial charge in [-0.05, 0) is 49.9 Å². The molecule has 1 aliphatic rings. The van der Waals surface area contributed by atoms with Crippen LogP contribution in [-0.4, -0.2) is 30.4 Å². The summed E-state index contributed by atoms with van der Waals surface area (Å²) in [6, 6.07) is 5.55. The quantitative estimate of drug-likeness (QED) is 0.921. The highest BCUT2D eigenvalue weighted by Crippen LogP contribution is 2.20. The normalized spacial score (nSPS) is 20.3. The molecule has 0 aromatic heterocycles. The third kappa shape index (κ3) is 4.22. The molecule has 104 valence electrons. The summed E-state index contributed by atoms with van der Waals surface area (Å²) in [5.74, 6) is 0.730. The number of nitrogens with one attached hydrogen (secondary N) is 1. The molecule has 1 fully saturated rings. The minimum atomic E-state index is 0.0412. The van der Waals surface area contributed by atoms with Gasteiger partial charge in [-0.2, -0.15) is 0 Å². The lowest BCUT2D eigenvalue weighted by Crippen LogP contribution is -2.39. The van der Waals surface area contributed by atoms with Gasteiger partial charge in [0.2, 0.25) is 5.91 Å². The van der Waals surface area contributed by atoms with Crippen LogP contribution < -0.4 is 5.32 Å². The summed E-state index contributed by atoms with van der Waals surface area (Å²) in [5.41, 5.74) is 1.84. The average Bonchev–Trinajstić information content (AvgIpc) is 2.34. The van der Waals surface area contributed by atoms with Crippen LogP contribution in [0, 0.1) is 12.8 Å². The fraction of sp³-hybridized carbons (Fsp3) is 0.533. The maximum atomic E-state index is 12.1. The molecule has 1 saturated heterocycles. The van der Waals surface area contributed by atoms with Crippen molar-refractivity contribution in [2.45, 2.75) is 26.7 Å². The topological polar surface area (TPSA) is 32.3 Å². The van der Waals surface area contributed by atoms with Crippen LogP contribution in [0.2, 0.25) is 5.02 Å². The van der Waals surface area contributed by atoms with Crippen LogP contribution in [0.15, 0.2) is 18.2 Å². The molecule has 1 amide bonds. The van der Waals surface area contributed by atoms with Gasteiger partial charge in [0.1, 0.15) is 0 Å². The largest absolute Gasteiger partial charge is 0.325 e. The average molecular weight is 281 g/mol. The highest BCUT2D eigenvalue weighted by atomic mass is 35.5. The van der Waals surface area contributed by atoms with E-state index in [9.17, 15) is 4.79 Å². The number of likely N-dealkylation sites (tertiary alicyclic amines) is 1. The van der Waals surface area contributed by atoms with Crippen molar-refractivity contribution in [1.82, 2.24) is 4.90 Å². The van der Waals surface area contributed by atoms with Crippen LogP contribution in [-0.2, 0) is 4.79 Å². The molecule has 1 aromatic carbocycles.